The van der Waals surface area contributed by atoms with E-state index in [4.69, 9.17) is 4.74 Å². The Balaban J connectivity index is 1.44. The number of carbonyl (C=O) groups is 1. The molecule has 0 N–H and O–H groups in total. The average Bonchev–Trinajstić information content (AvgIpc) is 3.84. The van der Waals surface area contributed by atoms with Gasteiger partial charge in [-0.15, -0.1) is 153 Å². The van der Waals surface area contributed by atoms with E-state index in [0.717, 1.165) is 0 Å². The van der Waals surface area contributed by atoms with Crippen molar-refractivity contribution in [1.82, 2.24) is 0 Å². The van der Waals surface area contributed by atoms with Crippen LogP contribution in [0.2, 0.25) is 0 Å². The predicted octanol–water partition coefficient (Wildman–Crippen LogP) is 16.7. The van der Waals surface area contributed by atoms with E-state index >= 15 is 0 Å². The Morgan fingerprint density at radius 2 is 0.745 bits per heavy atom. The van der Waals surface area contributed by atoms with Gasteiger partial charge in [0.2, 0.25) is 0 Å². The third-order valence-corrected chi connectivity index (χ3v) is 27.6. The number of fused-ring (bicyclic) bond motifs is 6. The molecule has 6 heterocycles. The number of thioether (sulfide) groups is 13. The van der Waals surface area contributed by atoms with Gasteiger partial charge in [0.15, 0.2) is 0 Å². The number of rotatable bonds is 6. The second-order valence-electron chi connectivity index (χ2n) is 16.9. The van der Waals surface area contributed by atoms with Gasteiger partial charge >= 0.3 is 5.97 Å². The normalized spacial score (nSPS) is 23.4. The zero-order valence-electron chi connectivity index (χ0n) is 33.1. The van der Waals surface area contributed by atoms with Gasteiger partial charge in [0.1, 0.15) is 0 Å². The number of methoxy groups -OCH3 is 1. The zero-order valence-corrected chi connectivity index (χ0v) is 43.7. The molecular formula is C40H44O2S13. The third kappa shape index (κ3) is 7.66. The Morgan fingerprint density at radius 1 is 0.473 bits per heavy atom. The van der Waals surface area contributed by atoms with E-state index in [-0.39, 0.29) is 36.4 Å². The summed E-state index contributed by atoms with van der Waals surface area (Å²) in [6, 6.07) is 5.07. The van der Waals surface area contributed by atoms with Crippen molar-refractivity contribution < 1.29 is 9.53 Å². The molecule has 0 aromatic heterocycles. The van der Waals surface area contributed by atoms with E-state index in [1.807, 2.05) is 23.5 Å². The summed E-state index contributed by atoms with van der Waals surface area (Å²) in [5, 5.41) is 0. The van der Waals surface area contributed by atoms with Crippen molar-refractivity contribution >= 4 is 159 Å². The van der Waals surface area contributed by atoms with Gasteiger partial charge in [-0.05, 0) is 112 Å². The summed E-state index contributed by atoms with van der Waals surface area (Å²) >= 11 is 26.4. The fourth-order valence-corrected chi connectivity index (χ4v) is 26.6. The summed E-state index contributed by atoms with van der Waals surface area (Å²) in [6.45, 7) is 28.8. The molecule has 0 radical (unpaired) electrons. The summed E-state index contributed by atoms with van der Waals surface area (Å²) in [7, 11) is 1.50. The van der Waals surface area contributed by atoms with Crippen LogP contribution in [-0.2, 0) is 9.53 Å². The minimum Gasteiger partial charge on any atom is -0.468 e. The molecule has 0 bridgehead atoms. The molecule has 0 aliphatic carbocycles. The van der Waals surface area contributed by atoms with Gasteiger partial charge < -0.3 is 4.74 Å². The molecule has 0 fully saturated rings. The molecule has 2 nitrogen and oxygen atoms in total. The first-order chi connectivity index (χ1) is 25.5. The SMILES string of the molecule is COC(=O)CSc1c2c(c(C(c3c4c(cc5c3SC(C)(C)S5)SC(C)(C)S4)c3c4c(cc5c3SC(C)(C)S5)SC(C)(C)S4)c3c1SC(C)(C)S3)SC(C)(C)S2. The maximum absolute atomic E-state index is 12.7. The van der Waals surface area contributed by atoms with Gasteiger partial charge in [0.05, 0.1) is 37.3 Å². The van der Waals surface area contributed by atoms with Crippen LogP contribution in [0.15, 0.2) is 75.8 Å². The highest BCUT2D eigenvalue weighted by Gasteiger charge is 2.51. The Labute approximate surface area is 382 Å². The Hall–Kier alpha value is 1.68. The molecule has 6 aliphatic rings. The lowest BCUT2D eigenvalue weighted by molar-refractivity contribution is -0.137. The fourth-order valence-electron chi connectivity index (χ4n) is 7.70. The van der Waals surface area contributed by atoms with Crippen LogP contribution in [0.5, 0.6) is 0 Å². The van der Waals surface area contributed by atoms with Crippen LogP contribution in [-0.4, -0.2) is 43.3 Å². The average molecular weight is 974 g/mol. The highest BCUT2D eigenvalue weighted by molar-refractivity contribution is 8.23. The number of esters is 1. The minimum absolute atomic E-state index is 0.0338. The molecule has 294 valence electrons. The topological polar surface area (TPSA) is 26.3 Å². The van der Waals surface area contributed by atoms with E-state index in [0.29, 0.717) is 5.75 Å². The zero-order chi connectivity index (χ0) is 39.4. The van der Waals surface area contributed by atoms with E-state index in [9.17, 15) is 4.79 Å². The predicted molar refractivity (Wildman–Crippen MR) is 258 cm³/mol. The van der Waals surface area contributed by atoms with Crippen molar-refractivity contribution in [2.75, 3.05) is 12.9 Å². The fraction of sp³-hybridized carbons (Fsp3) is 0.525. The minimum atomic E-state index is -0.173. The van der Waals surface area contributed by atoms with Gasteiger partial charge in [-0.2, -0.15) is 0 Å². The molecule has 9 rings (SSSR count). The maximum Gasteiger partial charge on any atom is 0.315 e. The molecule has 0 amide bonds. The standard InChI is InChI=1S/C40H44O2S13/c1-35(2)44-17-14-18-27(49-36(3,4)45-18)23(26(17)48-35)22(24-28-19(46-37(5,6)50-28)15-20-29(24)51-38(7,8)47-20)25-30-33(54-39(9,10)52-30)32(43-16-21(41)42-13)34-31(25)53-40(11,12)55-34/h14-15,22H,16H2,1-13H3. The molecular weight excluding hydrogens is 929 g/mol. The molecule has 0 saturated heterocycles. The van der Waals surface area contributed by atoms with Crippen LogP contribution in [0.3, 0.4) is 0 Å². The van der Waals surface area contributed by atoms with E-state index in [2.05, 4.69) is 213 Å². The lowest BCUT2D eigenvalue weighted by Gasteiger charge is -2.31. The quantitative estimate of drug-likeness (QED) is 0.133. The summed E-state index contributed by atoms with van der Waals surface area (Å²) in [6.07, 6.45) is 0. The van der Waals surface area contributed by atoms with Crippen LogP contribution in [0.1, 0.15) is 106 Å². The smallest absolute Gasteiger partial charge is 0.315 e. The molecule has 3 aromatic carbocycles. The summed E-state index contributed by atoms with van der Waals surface area (Å²) in [5.74, 6) is 0.173. The summed E-state index contributed by atoms with van der Waals surface area (Å²) < 4.78 is 5.26. The number of hydrogen-bond acceptors (Lipinski definition) is 15. The van der Waals surface area contributed by atoms with Crippen molar-refractivity contribution in [3.63, 3.8) is 0 Å². The monoisotopic (exact) mass is 972 g/mol. The van der Waals surface area contributed by atoms with E-state index in [1.54, 1.807) is 11.8 Å². The van der Waals surface area contributed by atoms with Gasteiger partial charge in [-0.1, -0.05) is 0 Å². The number of ether oxygens (including phenoxy) is 1. The molecule has 0 spiro atoms. The van der Waals surface area contributed by atoms with Crippen molar-refractivity contribution in [1.29, 1.82) is 0 Å². The maximum atomic E-state index is 12.7. The largest absolute Gasteiger partial charge is 0.468 e. The van der Waals surface area contributed by atoms with Crippen molar-refractivity contribution in [2.24, 2.45) is 0 Å². The van der Waals surface area contributed by atoms with Gasteiger partial charge in [-0.3, -0.25) is 4.79 Å². The van der Waals surface area contributed by atoms with Crippen LogP contribution in [0, 0.1) is 0 Å². The number of benzene rings is 3. The molecule has 0 saturated carbocycles. The van der Waals surface area contributed by atoms with Crippen molar-refractivity contribution in [3.8, 4) is 0 Å². The third-order valence-electron chi connectivity index (χ3n) is 9.35. The van der Waals surface area contributed by atoms with Crippen LogP contribution in [0.25, 0.3) is 0 Å². The first kappa shape index (κ1) is 42.0. The lowest BCUT2D eigenvalue weighted by atomic mass is 9.84. The molecule has 15 heteroatoms. The molecule has 55 heavy (non-hydrogen) atoms. The van der Waals surface area contributed by atoms with Crippen molar-refractivity contribution in [2.45, 2.75) is 177 Å². The molecule has 0 unspecified atom stereocenters. The second-order valence-corrected chi connectivity index (χ2v) is 39.1. The van der Waals surface area contributed by atoms with Crippen LogP contribution in [0.4, 0.5) is 0 Å². The highest BCUT2D eigenvalue weighted by atomic mass is 32.2. The molecule has 3 aromatic rings. The Kier molecular flexibility index (Phi) is 10.8. The van der Waals surface area contributed by atoms with E-state index in [1.165, 1.54) is 87.4 Å². The van der Waals surface area contributed by atoms with Gasteiger partial charge in [0, 0.05) is 69.6 Å². The second kappa shape index (κ2) is 14.1. The Morgan fingerprint density at radius 3 is 1.07 bits per heavy atom. The van der Waals surface area contributed by atoms with Crippen LogP contribution >= 0.6 is 153 Å². The highest BCUT2D eigenvalue weighted by Crippen LogP contribution is 2.74. The molecule has 6 aliphatic heterocycles. The first-order valence-corrected chi connectivity index (χ1v) is 28.9. The Bertz CT molecular complexity index is 2000. The van der Waals surface area contributed by atoms with Crippen LogP contribution < -0.4 is 0 Å². The number of carbonyl (C=O) groups excluding carboxylic acids is 1. The lowest BCUT2D eigenvalue weighted by Crippen LogP contribution is -2.14. The van der Waals surface area contributed by atoms with Gasteiger partial charge in [0.25, 0.3) is 0 Å². The van der Waals surface area contributed by atoms with E-state index < -0.39 is 0 Å². The first-order valence-electron chi connectivity index (χ1n) is 18.1. The summed E-state index contributed by atoms with van der Waals surface area (Å²) in [5.41, 5.74) is 4.57. The molecule has 0 atom stereocenters. The number of hydrogen-bond donors (Lipinski definition) is 0. The summed E-state index contributed by atoms with van der Waals surface area (Å²) in [4.78, 5) is 31.3. The van der Waals surface area contributed by atoms with Crippen molar-refractivity contribution in [3.05, 3.63) is 28.8 Å². The van der Waals surface area contributed by atoms with Gasteiger partial charge in [-0.25, -0.2) is 0 Å².